The lowest BCUT2D eigenvalue weighted by molar-refractivity contribution is 0.0365. The number of halogens is 1. The number of rotatable bonds is 2. The lowest BCUT2D eigenvalue weighted by atomic mass is 10.2. The molecule has 1 aromatic carbocycles. The first-order valence-electron chi connectivity index (χ1n) is 4.56. The molecule has 1 atom stereocenters. The number of aliphatic hydroxyl groups is 1. The Morgan fingerprint density at radius 3 is 2.80 bits per heavy atom. The van der Waals surface area contributed by atoms with Gasteiger partial charge in [0.1, 0.15) is 6.61 Å². The van der Waals surface area contributed by atoms with Crippen LogP contribution in [0.3, 0.4) is 0 Å². The molecule has 0 radical (unpaired) electrons. The fourth-order valence-corrected chi connectivity index (χ4v) is 1.71. The third-order valence-electron chi connectivity index (χ3n) is 2.27. The number of carbonyl (C=O) groups excluding carboxylic acids is 1. The van der Waals surface area contributed by atoms with Crippen molar-refractivity contribution in [1.82, 2.24) is 4.90 Å². The number of amides is 1. The quantitative estimate of drug-likeness (QED) is 0.838. The highest BCUT2D eigenvalue weighted by molar-refractivity contribution is 6.31. The zero-order valence-corrected chi connectivity index (χ0v) is 8.65. The number of hydrogen-bond donors (Lipinski definition) is 1. The van der Waals surface area contributed by atoms with Crippen LogP contribution in [0.5, 0.6) is 0 Å². The number of cyclic esters (lactones) is 1. The Balaban J connectivity index is 2.24. The molecule has 1 saturated heterocycles. The third-order valence-corrected chi connectivity index (χ3v) is 2.62. The number of ether oxygens (including phenoxy) is 1. The van der Waals surface area contributed by atoms with Crippen LogP contribution in [0, 0.1) is 0 Å². The number of aliphatic hydroxyl groups excluding tert-OH is 1. The average Bonchev–Trinajstić information content (AvgIpc) is 2.64. The van der Waals surface area contributed by atoms with Crippen molar-refractivity contribution >= 4 is 17.7 Å². The average molecular weight is 228 g/mol. The van der Waals surface area contributed by atoms with E-state index < -0.39 is 12.3 Å². The number of nitrogens with zero attached hydrogens (tertiary/aromatic N) is 1. The molecule has 1 aromatic rings. The van der Waals surface area contributed by atoms with Gasteiger partial charge in [0.05, 0.1) is 6.54 Å². The van der Waals surface area contributed by atoms with E-state index in [1.165, 1.54) is 4.90 Å². The summed E-state index contributed by atoms with van der Waals surface area (Å²) < 4.78 is 4.73. The SMILES string of the molecule is O=C1OCCN1C(O)c1ccccc1Cl. The molecule has 1 heterocycles. The van der Waals surface area contributed by atoms with Gasteiger partial charge in [0.25, 0.3) is 0 Å². The predicted octanol–water partition coefficient (Wildman–Crippen LogP) is 1.78. The molecular formula is C10H10ClNO3. The Bertz CT molecular complexity index is 383. The molecule has 1 aliphatic heterocycles. The van der Waals surface area contributed by atoms with Gasteiger partial charge < -0.3 is 9.84 Å². The summed E-state index contributed by atoms with van der Waals surface area (Å²) in [6.07, 6.45) is -1.55. The largest absolute Gasteiger partial charge is 0.447 e. The van der Waals surface area contributed by atoms with Crippen LogP contribution in [0.25, 0.3) is 0 Å². The van der Waals surface area contributed by atoms with Crippen LogP contribution >= 0.6 is 11.6 Å². The number of hydrogen-bond acceptors (Lipinski definition) is 3. The molecule has 0 aromatic heterocycles. The van der Waals surface area contributed by atoms with E-state index in [2.05, 4.69) is 0 Å². The van der Waals surface area contributed by atoms with Gasteiger partial charge >= 0.3 is 6.09 Å². The summed E-state index contributed by atoms with van der Waals surface area (Å²) in [6.45, 7) is 0.686. The van der Waals surface area contributed by atoms with E-state index in [1.807, 2.05) is 0 Å². The van der Waals surface area contributed by atoms with Gasteiger partial charge in [0, 0.05) is 10.6 Å². The van der Waals surface area contributed by atoms with E-state index in [-0.39, 0.29) is 0 Å². The van der Waals surface area contributed by atoms with Crippen molar-refractivity contribution in [3.8, 4) is 0 Å². The minimum atomic E-state index is -1.03. The molecule has 80 valence electrons. The molecule has 0 spiro atoms. The van der Waals surface area contributed by atoms with Gasteiger partial charge in [0.2, 0.25) is 0 Å². The van der Waals surface area contributed by atoms with Gasteiger partial charge in [0.15, 0.2) is 6.23 Å². The van der Waals surface area contributed by atoms with Gasteiger partial charge in [-0.15, -0.1) is 0 Å². The van der Waals surface area contributed by atoms with Gasteiger partial charge in [-0.05, 0) is 6.07 Å². The van der Waals surface area contributed by atoms with Gasteiger partial charge in [-0.1, -0.05) is 29.8 Å². The van der Waals surface area contributed by atoms with E-state index in [0.29, 0.717) is 23.7 Å². The topological polar surface area (TPSA) is 49.8 Å². The summed E-state index contributed by atoms with van der Waals surface area (Å²) in [6, 6.07) is 6.87. The monoisotopic (exact) mass is 227 g/mol. The highest BCUT2D eigenvalue weighted by atomic mass is 35.5. The van der Waals surface area contributed by atoms with Crippen molar-refractivity contribution in [3.05, 3.63) is 34.9 Å². The van der Waals surface area contributed by atoms with Crippen LogP contribution in [0.1, 0.15) is 11.8 Å². The van der Waals surface area contributed by atoms with Gasteiger partial charge in [-0.2, -0.15) is 0 Å². The van der Waals surface area contributed by atoms with E-state index in [0.717, 1.165) is 0 Å². The number of benzene rings is 1. The molecule has 1 unspecified atom stereocenters. The second kappa shape index (κ2) is 4.08. The molecule has 5 heteroatoms. The first-order chi connectivity index (χ1) is 7.20. The molecule has 0 saturated carbocycles. The molecule has 15 heavy (non-hydrogen) atoms. The predicted molar refractivity (Wildman–Crippen MR) is 54.5 cm³/mol. The molecule has 1 N–H and O–H groups in total. The molecule has 2 rings (SSSR count). The Morgan fingerprint density at radius 2 is 2.20 bits per heavy atom. The Labute approximate surface area is 92.0 Å². The molecule has 1 aliphatic rings. The minimum absolute atomic E-state index is 0.306. The van der Waals surface area contributed by atoms with Crippen LogP contribution in [0.15, 0.2) is 24.3 Å². The first kappa shape index (κ1) is 10.3. The Morgan fingerprint density at radius 1 is 1.47 bits per heavy atom. The summed E-state index contributed by atoms with van der Waals surface area (Å²) >= 11 is 5.91. The van der Waals surface area contributed by atoms with Crippen molar-refractivity contribution in [1.29, 1.82) is 0 Å². The summed E-state index contributed by atoms with van der Waals surface area (Å²) in [7, 11) is 0. The lowest BCUT2D eigenvalue weighted by Crippen LogP contribution is -2.29. The van der Waals surface area contributed by atoms with Crippen LogP contribution in [-0.4, -0.2) is 29.3 Å². The summed E-state index contributed by atoms with van der Waals surface area (Å²) in [5.41, 5.74) is 0.512. The first-order valence-corrected chi connectivity index (χ1v) is 4.94. The van der Waals surface area contributed by atoms with E-state index in [9.17, 15) is 9.90 Å². The van der Waals surface area contributed by atoms with Crippen LogP contribution in [-0.2, 0) is 4.74 Å². The number of carbonyl (C=O) groups is 1. The van der Waals surface area contributed by atoms with E-state index in [1.54, 1.807) is 24.3 Å². The molecular weight excluding hydrogens is 218 g/mol. The second-order valence-electron chi connectivity index (χ2n) is 3.20. The molecule has 1 amide bonds. The highest BCUT2D eigenvalue weighted by Crippen LogP contribution is 2.27. The fraction of sp³-hybridized carbons (Fsp3) is 0.300. The normalized spacial score (nSPS) is 17.7. The fourth-order valence-electron chi connectivity index (χ4n) is 1.48. The zero-order chi connectivity index (χ0) is 10.8. The van der Waals surface area contributed by atoms with E-state index >= 15 is 0 Å². The maximum absolute atomic E-state index is 11.2. The standard InChI is InChI=1S/C10H10ClNO3/c11-8-4-2-1-3-7(8)9(13)12-5-6-15-10(12)14/h1-4,9,13H,5-6H2. The van der Waals surface area contributed by atoms with Crippen molar-refractivity contribution < 1.29 is 14.6 Å². The summed E-state index contributed by atoms with van der Waals surface area (Å²) in [5, 5.41) is 10.3. The smallest absolute Gasteiger partial charge is 0.412 e. The van der Waals surface area contributed by atoms with Gasteiger partial charge in [-0.3, -0.25) is 4.90 Å². The van der Waals surface area contributed by atoms with E-state index in [4.69, 9.17) is 16.3 Å². The molecule has 0 bridgehead atoms. The maximum Gasteiger partial charge on any atom is 0.412 e. The van der Waals surface area contributed by atoms with Crippen molar-refractivity contribution in [2.45, 2.75) is 6.23 Å². The lowest BCUT2D eigenvalue weighted by Gasteiger charge is -2.21. The molecule has 1 fully saturated rings. The van der Waals surface area contributed by atoms with Crippen molar-refractivity contribution in [2.24, 2.45) is 0 Å². The van der Waals surface area contributed by atoms with Crippen molar-refractivity contribution in [2.75, 3.05) is 13.2 Å². The van der Waals surface area contributed by atoms with Gasteiger partial charge in [-0.25, -0.2) is 4.79 Å². The highest BCUT2D eigenvalue weighted by Gasteiger charge is 2.30. The van der Waals surface area contributed by atoms with Crippen LogP contribution in [0.2, 0.25) is 5.02 Å². The third kappa shape index (κ3) is 1.91. The zero-order valence-electron chi connectivity index (χ0n) is 7.89. The van der Waals surface area contributed by atoms with Crippen LogP contribution in [0.4, 0.5) is 4.79 Å². The van der Waals surface area contributed by atoms with Crippen LogP contribution < -0.4 is 0 Å². The summed E-state index contributed by atoms with van der Waals surface area (Å²) in [5.74, 6) is 0. The minimum Gasteiger partial charge on any atom is -0.447 e. The molecule has 0 aliphatic carbocycles. The van der Waals surface area contributed by atoms with Crippen molar-refractivity contribution in [3.63, 3.8) is 0 Å². The Kier molecular flexibility index (Phi) is 2.79. The summed E-state index contributed by atoms with van der Waals surface area (Å²) in [4.78, 5) is 12.4. The second-order valence-corrected chi connectivity index (χ2v) is 3.61. The Hall–Kier alpha value is -1.26. The maximum atomic E-state index is 11.2. The molecule has 4 nitrogen and oxygen atoms in total.